The Kier molecular flexibility index (Phi) is 4.19. The van der Waals surface area contributed by atoms with E-state index in [1.54, 1.807) is 7.11 Å². The van der Waals surface area contributed by atoms with E-state index in [0.717, 1.165) is 19.3 Å². The molecule has 0 heterocycles. The van der Waals surface area contributed by atoms with E-state index in [1.165, 1.54) is 18.2 Å². The molecule has 2 atom stereocenters. The Hall–Kier alpha value is -2.15. The van der Waals surface area contributed by atoms with E-state index in [9.17, 15) is 14.9 Å². The Morgan fingerprint density at radius 1 is 1.50 bits per heavy atom. The first-order valence-corrected chi connectivity index (χ1v) is 6.33. The summed E-state index contributed by atoms with van der Waals surface area (Å²) in [5.74, 6) is -1.30. The van der Waals surface area contributed by atoms with Crippen LogP contribution in [0.15, 0.2) is 18.2 Å². The van der Waals surface area contributed by atoms with E-state index in [0.29, 0.717) is 0 Å². The first kappa shape index (κ1) is 14.3. The van der Waals surface area contributed by atoms with Gasteiger partial charge in [0, 0.05) is 13.2 Å². The standard InChI is InChI=1S/C13H16N2O5/c1-20-9-6-5-8(7-9)14-11-4-2-3-10(13(16)17)12(11)15(18)19/h2-4,8-9,14H,5-7H2,1H3,(H,16,17). The molecule has 0 bridgehead atoms. The highest BCUT2D eigenvalue weighted by Crippen LogP contribution is 2.32. The lowest BCUT2D eigenvalue weighted by atomic mass is 10.1. The van der Waals surface area contributed by atoms with Gasteiger partial charge in [-0.25, -0.2) is 4.79 Å². The molecule has 0 spiro atoms. The molecule has 1 aliphatic carbocycles. The van der Waals surface area contributed by atoms with Crippen molar-refractivity contribution in [3.63, 3.8) is 0 Å². The third-order valence-corrected chi connectivity index (χ3v) is 3.53. The predicted molar refractivity (Wildman–Crippen MR) is 72.1 cm³/mol. The Morgan fingerprint density at radius 2 is 2.25 bits per heavy atom. The van der Waals surface area contributed by atoms with Gasteiger partial charge in [-0.1, -0.05) is 6.07 Å². The number of nitro groups is 1. The normalized spacial score (nSPS) is 21.6. The molecule has 1 saturated carbocycles. The summed E-state index contributed by atoms with van der Waals surface area (Å²) in [5, 5.41) is 23.2. The number of hydrogen-bond acceptors (Lipinski definition) is 5. The molecule has 1 aromatic carbocycles. The Bertz CT molecular complexity index is 531. The van der Waals surface area contributed by atoms with Gasteiger partial charge in [0.1, 0.15) is 11.3 Å². The average Bonchev–Trinajstić information content (AvgIpc) is 2.85. The van der Waals surface area contributed by atoms with Crippen LogP contribution in [0.4, 0.5) is 11.4 Å². The summed E-state index contributed by atoms with van der Waals surface area (Å²) in [5.41, 5.74) is -0.446. The van der Waals surface area contributed by atoms with E-state index in [-0.39, 0.29) is 29.1 Å². The number of ether oxygens (including phenoxy) is 1. The number of nitro benzene ring substituents is 1. The molecule has 7 nitrogen and oxygen atoms in total. The monoisotopic (exact) mass is 280 g/mol. The van der Waals surface area contributed by atoms with Crippen LogP contribution in [0, 0.1) is 10.1 Å². The molecule has 2 rings (SSSR count). The lowest BCUT2D eigenvalue weighted by Crippen LogP contribution is -2.18. The van der Waals surface area contributed by atoms with Crippen molar-refractivity contribution in [2.75, 3.05) is 12.4 Å². The van der Waals surface area contributed by atoms with Crippen LogP contribution in [-0.4, -0.2) is 35.3 Å². The molecule has 0 saturated heterocycles. The number of nitrogens with zero attached hydrogens (tertiary/aromatic N) is 1. The van der Waals surface area contributed by atoms with Crippen molar-refractivity contribution < 1.29 is 19.6 Å². The van der Waals surface area contributed by atoms with E-state index in [1.807, 2.05) is 0 Å². The second kappa shape index (κ2) is 5.87. The Morgan fingerprint density at radius 3 is 2.80 bits per heavy atom. The van der Waals surface area contributed by atoms with Crippen molar-refractivity contribution in [2.45, 2.75) is 31.4 Å². The number of rotatable bonds is 5. The minimum Gasteiger partial charge on any atom is -0.477 e. The summed E-state index contributed by atoms with van der Waals surface area (Å²) < 4.78 is 5.25. The molecule has 1 aliphatic rings. The lowest BCUT2D eigenvalue weighted by Gasteiger charge is -2.15. The van der Waals surface area contributed by atoms with Crippen LogP contribution < -0.4 is 5.32 Å². The zero-order valence-electron chi connectivity index (χ0n) is 11.0. The minimum atomic E-state index is -1.30. The molecule has 1 fully saturated rings. The number of para-hydroxylation sites is 1. The lowest BCUT2D eigenvalue weighted by molar-refractivity contribution is -0.384. The van der Waals surface area contributed by atoms with Gasteiger partial charge in [-0.3, -0.25) is 10.1 Å². The largest absolute Gasteiger partial charge is 0.477 e. The number of carboxylic acids is 1. The fourth-order valence-corrected chi connectivity index (χ4v) is 2.53. The van der Waals surface area contributed by atoms with Gasteiger partial charge >= 0.3 is 11.7 Å². The third kappa shape index (κ3) is 2.88. The van der Waals surface area contributed by atoms with Gasteiger partial charge in [0.2, 0.25) is 0 Å². The van der Waals surface area contributed by atoms with Gasteiger partial charge in [0.25, 0.3) is 0 Å². The highest BCUT2D eigenvalue weighted by molar-refractivity contribution is 5.95. The van der Waals surface area contributed by atoms with Crippen LogP contribution in [0.5, 0.6) is 0 Å². The number of anilines is 1. The summed E-state index contributed by atoms with van der Waals surface area (Å²) in [7, 11) is 1.64. The molecule has 7 heteroatoms. The molecule has 1 aromatic rings. The maximum Gasteiger partial charge on any atom is 0.342 e. The smallest absolute Gasteiger partial charge is 0.342 e. The van der Waals surface area contributed by atoms with Crippen molar-refractivity contribution in [1.29, 1.82) is 0 Å². The van der Waals surface area contributed by atoms with E-state index in [4.69, 9.17) is 9.84 Å². The van der Waals surface area contributed by atoms with Crippen LogP contribution in [0.3, 0.4) is 0 Å². The number of nitrogens with one attached hydrogen (secondary N) is 1. The number of methoxy groups -OCH3 is 1. The van der Waals surface area contributed by atoms with E-state index < -0.39 is 10.9 Å². The molecule has 2 unspecified atom stereocenters. The summed E-state index contributed by atoms with van der Waals surface area (Å²) in [6.07, 6.45) is 2.63. The molecular formula is C13H16N2O5. The van der Waals surface area contributed by atoms with Crippen LogP contribution in [0.1, 0.15) is 29.6 Å². The van der Waals surface area contributed by atoms with Crippen molar-refractivity contribution in [3.8, 4) is 0 Å². The minimum absolute atomic E-state index is 0.0581. The van der Waals surface area contributed by atoms with Crippen LogP contribution in [0.25, 0.3) is 0 Å². The fraction of sp³-hybridized carbons (Fsp3) is 0.462. The van der Waals surface area contributed by atoms with Gasteiger partial charge in [-0.05, 0) is 31.4 Å². The molecule has 2 N–H and O–H groups in total. The van der Waals surface area contributed by atoms with Crippen LogP contribution in [-0.2, 0) is 4.74 Å². The summed E-state index contributed by atoms with van der Waals surface area (Å²) in [6.45, 7) is 0. The zero-order chi connectivity index (χ0) is 14.7. The second-order valence-corrected chi connectivity index (χ2v) is 4.78. The van der Waals surface area contributed by atoms with Gasteiger partial charge in [-0.2, -0.15) is 0 Å². The van der Waals surface area contributed by atoms with Gasteiger partial charge in [-0.15, -0.1) is 0 Å². The average molecular weight is 280 g/mol. The summed E-state index contributed by atoms with van der Waals surface area (Å²) >= 11 is 0. The fourth-order valence-electron chi connectivity index (χ4n) is 2.53. The number of hydrogen-bond donors (Lipinski definition) is 2. The number of carboxylic acid groups (broad SMARTS) is 1. The quantitative estimate of drug-likeness (QED) is 0.633. The topological polar surface area (TPSA) is 102 Å². The Balaban J connectivity index is 2.25. The first-order valence-electron chi connectivity index (χ1n) is 6.33. The van der Waals surface area contributed by atoms with Crippen molar-refractivity contribution in [2.24, 2.45) is 0 Å². The molecule has 0 amide bonds. The first-order chi connectivity index (χ1) is 9.52. The van der Waals surface area contributed by atoms with Crippen LogP contribution in [0.2, 0.25) is 0 Å². The second-order valence-electron chi connectivity index (χ2n) is 4.78. The van der Waals surface area contributed by atoms with Gasteiger partial charge < -0.3 is 15.2 Å². The van der Waals surface area contributed by atoms with Crippen molar-refractivity contribution >= 4 is 17.3 Å². The highest BCUT2D eigenvalue weighted by atomic mass is 16.6. The van der Waals surface area contributed by atoms with Gasteiger partial charge in [0.05, 0.1) is 11.0 Å². The molecular weight excluding hydrogens is 264 g/mol. The van der Waals surface area contributed by atoms with Gasteiger partial charge in [0.15, 0.2) is 0 Å². The maximum absolute atomic E-state index is 11.1. The van der Waals surface area contributed by atoms with E-state index in [2.05, 4.69) is 5.32 Å². The summed E-state index contributed by atoms with van der Waals surface area (Å²) in [4.78, 5) is 21.5. The third-order valence-electron chi connectivity index (χ3n) is 3.53. The van der Waals surface area contributed by atoms with E-state index >= 15 is 0 Å². The number of carbonyl (C=O) groups is 1. The zero-order valence-corrected chi connectivity index (χ0v) is 11.0. The number of benzene rings is 1. The summed E-state index contributed by atoms with van der Waals surface area (Å²) in [6, 6.07) is 4.33. The highest BCUT2D eigenvalue weighted by Gasteiger charge is 2.29. The molecule has 20 heavy (non-hydrogen) atoms. The molecule has 0 aromatic heterocycles. The Labute approximate surface area is 115 Å². The van der Waals surface area contributed by atoms with Crippen molar-refractivity contribution in [1.82, 2.24) is 0 Å². The maximum atomic E-state index is 11.1. The molecule has 108 valence electrons. The van der Waals surface area contributed by atoms with Crippen molar-refractivity contribution in [3.05, 3.63) is 33.9 Å². The molecule has 0 aliphatic heterocycles. The SMILES string of the molecule is COC1CCC(Nc2cccc(C(=O)O)c2[N+](=O)[O-])C1. The van der Waals surface area contributed by atoms with Crippen LogP contribution >= 0.6 is 0 Å². The number of aromatic carboxylic acids is 1. The molecule has 0 radical (unpaired) electrons. The predicted octanol–water partition coefficient (Wildman–Crippen LogP) is 2.27.